The Bertz CT molecular complexity index is 9480. The summed E-state index contributed by atoms with van der Waals surface area (Å²) in [5, 5.41) is 17.5. The summed E-state index contributed by atoms with van der Waals surface area (Å²) in [6.07, 6.45) is 0. The zero-order chi connectivity index (χ0) is 89.6. The predicted octanol–water partition coefficient (Wildman–Crippen LogP) is 32.3. The number of rotatable bonds is 6. The first-order valence-corrected chi connectivity index (χ1v) is 47.1. The standard InChI is InChI=1S/2C41H27N3O.C41H27N3S/c1-41(2)31-18-8-5-15-27(31)36-29(17-11-19-32(36)41)37-39(42-38-28-16-7-10-21-35(28)45-40(38)43-37)44-33-20-9-6-14-26(33)30-22-24-12-3-4-13-25(24)23-34(30)44;2*1-41(2)31-18-8-5-15-27(31)36-29(17-11-19-32(36)41)38-39-37(28-16-7-10-21-35(28)45-39)42-40(43-38)44-33-20-9-6-14-26(33)30-22-24-12-3-4-13-25(24)23-34(30)44/h3*3-23H,1-2H3. The molecule has 0 atom stereocenters. The molecule has 0 amide bonds. The highest BCUT2D eigenvalue weighted by Crippen LogP contribution is 2.58. The van der Waals surface area contributed by atoms with E-state index in [4.69, 9.17) is 38.7 Å². The summed E-state index contributed by atoms with van der Waals surface area (Å²) in [4.78, 5) is 32.5. The maximum atomic E-state index is 6.61. The van der Waals surface area contributed by atoms with Crippen molar-refractivity contribution in [3.8, 4) is 84.9 Å². The maximum Gasteiger partial charge on any atom is 0.247 e. The lowest BCUT2D eigenvalue weighted by Crippen LogP contribution is -2.14. The molecule has 18 aromatic carbocycles. The SMILES string of the molecule is CC1(C)c2ccccc2-c2c(-c3nc(-n4c5ccccc5c5cc6ccccc6cc54)nc4c3oc3ccccc34)cccc21.CC1(C)c2ccccc2-c2c(-c3nc(-n4c5ccccc5c5cc6ccccc6cc54)nc4c3sc3ccccc34)cccc21.CC1(C)c2ccccc2-c2c(-c3nc4oc5ccccc5c4nc3-n3c4ccccc4c4cc5ccccc5cc43)cccc21. The van der Waals surface area contributed by atoms with Crippen molar-refractivity contribution in [2.45, 2.75) is 57.8 Å². The van der Waals surface area contributed by atoms with Gasteiger partial charge in [0.25, 0.3) is 0 Å². The van der Waals surface area contributed by atoms with E-state index in [-0.39, 0.29) is 16.2 Å². The van der Waals surface area contributed by atoms with E-state index in [0.717, 1.165) is 116 Å². The van der Waals surface area contributed by atoms with Crippen molar-refractivity contribution in [2.24, 2.45) is 0 Å². The van der Waals surface area contributed by atoms with Gasteiger partial charge in [0.1, 0.15) is 33.6 Å². The molecule has 27 aromatic rings. The summed E-state index contributed by atoms with van der Waals surface area (Å²) in [6.45, 7) is 13.9. The third-order valence-electron chi connectivity index (χ3n) is 29.4. The fourth-order valence-electron chi connectivity index (χ4n) is 23.1. The number of aromatic nitrogens is 9. The second-order valence-corrected chi connectivity index (χ2v) is 38.9. The number of fused-ring (bicyclic) bond motifs is 30. The lowest BCUT2D eigenvalue weighted by molar-refractivity contribution is 0.653. The van der Waals surface area contributed by atoms with Crippen LogP contribution in [0.15, 0.2) is 391 Å². The molecular formula is C123H81N9O2S. The van der Waals surface area contributed by atoms with E-state index < -0.39 is 0 Å². The van der Waals surface area contributed by atoms with E-state index in [1.54, 1.807) is 11.3 Å². The highest BCUT2D eigenvalue weighted by Gasteiger charge is 2.42. The number of furan rings is 2. The Morgan fingerprint density at radius 2 is 0.578 bits per heavy atom. The van der Waals surface area contributed by atoms with Crippen molar-refractivity contribution in [2.75, 3.05) is 0 Å². The summed E-state index contributed by atoms with van der Waals surface area (Å²) in [6, 6.07) is 137. The Labute approximate surface area is 778 Å². The first-order valence-electron chi connectivity index (χ1n) is 46.3. The summed E-state index contributed by atoms with van der Waals surface area (Å²) in [5.74, 6) is 2.13. The second-order valence-electron chi connectivity index (χ2n) is 37.8. The molecule has 3 aliphatic rings. The molecule has 9 aromatic heterocycles. The Kier molecular flexibility index (Phi) is 16.3. The van der Waals surface area contributed by atoms with Crippen molar-refractivity contribution in [3.05, 3.63) is 416 Å². The first kappa shape index (κ1) is 77.0. The van der Waals surface area contributed by atoms with Gasteiger partial charge in [-0.15, -0.1) is 11.3 Å². The molecule has 0 bridgehead atoms. The van der Waals surface area contributed by atoms with Gasteiger partial charge < -0.3 is 8.83 Å². The monoisotopic (exact) mass is 1750 g/mol. The minimum Gasteiger partial charge on any atom is -0.452 e. The second kappa shape index (κ2) is 28.6. The molecule has 0 saturated heterocycles. The molecule has 0 fully saturated rings. The third kappa shape index (κ3) is 11.2. The maximum absolute atomic E-state index is 6.61. The minimum absolute atomic E-state index is 0.0923. The molecule has 0 aliphatic heterocycles. The zero-order valence-electron chi connectivity index (χ0n) is 74.6. The molecule has 30 rings (SSSR count). The number of hydrogen-bond acceptors (Lipinski definition) is 9. The zero-order valence-corrected chi connectivity index (χ0v) is 75.4. The van der Waals surface area contributed by atoms with Gasteiger partial charge in [-0.05, 0) is 184 Å². The van der Waals surface area contributed by atoms with E-state index in [9.17, 15) is 0 Å². The Morgan fingerprint density at radius 3 is 1.06 bits per heavy atom. The van der Waals surface area contributed by atoms with Crippen LogP contribution in [-0.4, -0.2) is 43.6 Å². The molecule has 12 heteroatoms. The molecule has 3 aliphatic carbocycles. The van der Waals surface area contributed by atoms with E-state index >= 15 is 0 Å². The van der Waals surface area contributed by atoms with Crippen LogP contribution in [0.4, 0.5) is 0 Å². The van der Waals surface area contributed by atoms with Crippen LogP contribution in [0.25, 0.3) is 247 Å². The normalized spacial score (nSPS) is 13.7. The van der Waals surface area contributed by atoms with Gasteiger partial charge in [0, 0.05) is 86.1 Å². The lowest BCUT2D eigenvalue weighted by Gasteiger charge is -2.21. The summed E-state index contributed by atoms with van der Waals surface area (Å²) in [5.41, 5.74) is 33.0. The highest BCUT2D eigenvalue weighted by atomic mass is 32.1. The van der Waals surface area contributed by atoms with Gasteiger partial charge in [-0.1, -0.05) is 339 Å². The molecule has 0 spiro atoms. The fourth-order valence-corrected chi connectivity index (χ4v) is 24.2. The van der Waals surface area contributed by atoms with Gasteiger partial charge in [-0.25, -0.2) is 29.9 Å². The molecule has 0 N–H and O–H groups in total. The topological polar surface area (TPSA) is 118 Å². The molecule has 0 radical (unpaired) electrons. The van der Waals surface area contributed by atoms with Crippen LogP contribution in [0.5, 0.6) is 0 Å². The Morgan fingerprint density at radius 1 is 0.237 bits per heavy atom. The van der Waals surface area contributed by atoms with Crippen molar-refractivity contribution in [1.82, 2.24) is 43.6 Å². The Hall–Kier alpha value is -16.8. The average Bonchev–Trinajstić information content (AvgIpc) is 1.56. The van der Waals surface area contributed by atoms with E-state index in [2.05, 4.69) is 401 Å². The number of hydrogen-bond donors (Lipinski definition) is 0. The number of nitrogens with zero attached hydrogens (tertiary/aromatic N) is 9. The summed E-state index contributed by atoms with van der Waals surface area (Å²) in [7, 11) is 0. The molecule has 636 valence electrons. The fraction of sp³-hybridized carbons (Fsp3) is 0.0732. The third-order valence-corrected chi connectivity index (χ3v) is 30.6. The molecular weight excluding hydrogens is 1670 g/mol. The molecule has 0 saturated carbocycles. The lowest BCUT2D eigenvalue weighted by atomic mass is 9.82. The summed E-state index contributed by atoms with van der Waals surface area (Å²) >= 11 is 1.79. The van der Waals surface area contributed by atoms with Crippen LogP contribution < -0.4 is 0 Å². The number of benzene rings is 18. The van der Waals surface area contributed by atoms with Crippen molar-refractivity contribution < 1.29 is 8.83 Å². The minimum atomic E-state index is -0.134. The number of thiophene rings is 1. The van der Waals surface area contributed by atoms with Crippen molar-refractivity contribution >= 4 is 174 Å². The van der Waals surface area contributed by atoms with E-state index in [1.165, 1.54) is 141 Å². The van der Waals surface area contributed by atoms with Gasteiger partial charge in [-0.3, -0.25) is 13.7 Å². The quantitative estimate of drug-likeness (QED) is 0.162. The van der Waals surface area contributed by atoms with Crippen LogP contribution in [-0.2, 0) is 16.2 Å². The van der Waals surface area contributed by atoms with Crippen LogP contribution in [0.2, 0.25) is 0 Å². The number of para-hydroxylation sites is 5. The van der Waals surface area contributed by atoms with Gasteiger partial charge in [-0.2, -0.15) is 0 Å². The summed E-state index contributed by atoms with van der Waals surface area (Å²) < 4.78 is 22.1. The predicted molar refractivity (Wildman–Crippen MR) is 558 cm³/mol. The van der Waals surface area contributed by atoms with Gasteiger partial charge in [0.05, 0.1) is 49.0 Å². The van der Waals surface area contributed by atoms with Crippen LogP contribution in [0.3, 0.4) is 0 Å². The van der Waals surface area contributed by atoms with E-state index in [1.807, 2.05) is 36.4 Å². The van der Waals surface area contributed by atoms with Crippen LogP contribution in [0.1, 0.15) is 74.9 Å². The van der Waals surface area contributed by atoms with Crippen molar-refractivity contribution in [1.29, 1.82) is 0 Å². The van der Waals surface area contributed by atoms with Crippen LogP contribution in [0, 0.1) is 0 Å². The molecule has 0 unspecified atom stereocenters. The Balaban J connectivity index is 0.000000101. The largest absolute Gasteiger partial charge is 0.452 e. The van der Waals surface area contributed by atoms with E-state index in [0.29, 0.717) is 23.2 Å². The average molecular weight is 1750 g/mol. The smallest absolute Gasteiger partial charge is 0.247 e. The molecule has 9 heterocycles. The van der Waals surface area contributed by atoms with Gasteiger partial charge in [0.2, 0.25) is 17.6 Å². The first-order chi connectivity index (χ1) is 66.2. The molecule has 11 nitrogen and oxygen atoms in total. The van der Waals surface area contributed by atoms with Gasteiger partial charge in [0.15, 0.2) is 11.4 Å². The highest BCUT2D eigenvalue weighted by molar-refractivity contribution is 7.26. The van der Waals surface area contributed by atoms with Crippen molar-refractivity contribution in [3.63, 3.8) is 0 Å². The molecule has 135 heavy (non-hydrogen) atoms. The van der Waals surface area contributed by atoms with Gasteiger partial charge >= 0.3 is 0 Å². The van der Waals surface area contributed by atoms with Crippen LogP contribution >= 0.6 is 11.3 Å².